The van der Waals surface area contributed by atoms with Crippen LogP contribution in [0.5, 0.6) is 0 Å². The Morgan fingerprint density at radius 2 is 1.70 bits per heavy atom. The molecule has 4 nitrogen and oxygen atoms in total. The normalized spacial score (nSPS) is 20.0. The van der Waals surface area contributed by atoms with Crippen LogP contribution in [0.15, 0.2) is 54.6 Å². The number of carbonyl (C=O) groups excluding carboxylic acids is 1. The van der Waals surface area contributed by atoms with Crippen LogP contribution in [-0.4, -0.2) is 41.1 Å². The third kappa shape index (κ3) is 3.58. The molecule has 2 unspecified atom stereocenters. The molecule has 2 heterocycles. The Morgan fingerprint density at radius 1 is 1.04 bits per heavy atom. The summed E-state index contributed by atoms with van der Waals surface area (Å²) in [7, 11) is 0. The molecule has 138 valence electrons. The number of carbonyl (C=O) groups is 1. The Labute approximate surface area is 159 Å². The molecular weight excluding hydrogens is 336 g/mol. The van der Waals surface area contributed by atoms with Gasteiger partial charge in [0.05, 0.1) is 29.0 Å². The zero-order chi connectivity index (χ0) is 19.0. The Hall–Kier alpha value is -2.72. The predicted octanol–water partition coefficient (Wildman–Crippen LogP) is 4.46. The van der Waals surface area contributed by atoms with Crippen LogP contribution in [0.2, 0.25) is 0 Å². The first-order valence-electron chi connectivity index (χ1n) is 9.43. The van der Waals surface area contributed by atoms with Crippen molar-refractivity contribution in [2.24, 2.45) is 0 Å². The smallest absolute Gasteiger partial charge is 0.254 e. The second kappa shape index (κ2) is 7.12. The van der Waals surface area contributed by atoms with Crippen molar-refractivity contribution in [1.29, 1.82) is 0 Å². The summed E-state index contributed by atoms with van der Waals surface area (Å²) in [6, 6.07) is 18.0. The lowest BCUT2D eigenvalue weighted by Gasteiger charge is -2.35. The number of para-hydroxylation sites is 1. The number of fused-ring (bicyclic) bond motifs is 1. The summed E-state index contributed by atoms with van der Waals surface area (Å²) in [5.41, 5.74) is 4.59. The summed E-state index contributed by atoms with van der Waals surface area (Å²) in [4.78, 5) is 20.1. The maximum absolute atomic E-state index is 13.4. The molecule has 0 N–H and O–H groups in total. The number of morpholine rings is 1. The highest BCUT2D eigenvalue weighted by atomic mass is 16.5. The lowest BCUT2D eigenvalue weighted by atomic mass is 10.0. The molecule has 0 bridgehead atoms. The summed E-state index contributed by atoms with van der Waals surface area (Å²) in [5.74, 6) is 0.0453. The van der Waals surface area contributed by atoms with Gasteiger partial charge in [0.25, 0.3) is 5.91 Å². The molecule has 3 aromatic rings. The van der Waals surface area contributed by atoms with E-state index >= 15 is 0 Å². The van der Waals surface area contributed by atoms with Gasteiger partial charge in [-0.3, -0.25) is 4.79 Å². The maximum atomic E-state index is 13.4. The van der Waals surface area contributed by atoms with Gasteiger partial charge in [0, 0.05) is 24.0 Å². The molecule has 1 amide bonds. The molecule has 1 aromatic heterocycles. The molecule has 0 spiro atoms. The van der Waals surface area contributed by atoms with Crippen LogP contribution in [0.1, 0.15) is 29.8 Å². The van der Waals surface area contributed by atoms with E-state index in [1.807, 2.05) is 49.1 Å². The lowest BCUT2D eigenvalue weighted by molar-refractivity contribution is -0.0585. The van der Waals surface area contributed by atoms with E-state index in [9.17, 15) is 4.79 Å². The summed E-state index contributed by atoms with van der Waals surface area (Å²) in [6.45, 7) is 7.31. The first kappa shape index (κ1) is 17.7. The fraction of sp³-hybridized carbons (Fsp3) is 0.304. The highest BCUT2D eigenvalue weighted by Crippen LogP contribution is 2.27. The number of nitrogens with zero attached hydrogens (tertiary/aromatic N) is 2. The largest absolute Gasteiger partial charge is 0.372 e. The number of amides is 1. The molecule has 4 rings (SSSR count). The van der Waals surface area contributed by atoms with Crippen molar-refractivity contribution >= 4 is 16.8 Å². The second-order valence-corrected chi connectivity index (χ2v) is 7.41. The standard InChI is InChI=1S/C23H24N2O2/c1-15-8-10-18(11-9-15)22-12-20(19-6-4-5-7-21(19)24-22)23(26)25-13-16(2)27-17(3)14-25/h4-12,16-17H,13-14H2,1-3H3. The van der Waals surface area contributed by atoms with Gasteiger partial charge in [0.15, 0.2) is 0 Å². The van der Waals surface area contributed by atoms with Gasteiger partial charge in [-0.2, -0.15) is 0 Å². The Morgan fingerprint density at radius 3 is 2.41 bits per heavy atom. The third-order valence-electron chi connectivity index (χ3n) is 5.00. The zero-order valence-electron chi connectivity index (χ0n) is 16.0. The van der Waals surface area contributed by atoms with E-state index in [-0.39, 0.29) is 18.1 Å². The van der Waals surface area contributed by atoms with E-state index in [1.54, 1.807) is 0 Å². The van der Waals surface area contributed by atoms with E-state index < -0.39 is 0 Å². The second-order valence-electron chi connectivity index (χ2n) is 7.41. The van der Waals surface area contributed by atoms with Crippen LogP contribution >= 0.6 is 0 Å². The monoisotopic (exact) mass is 360 g/mol. The molecule has 1 aliphatic rings. The van der Waals surface area contributed by atoms with Gasteiger partial charge in [0.1, 0.15) is 0 Å². The van der Waals surface area contributed by atoms with E-state index in [2.05, 4.69) is 31.2 Å². The van der Waals surface area contributed by atoms with Crippen LogP contribution in [-0.2, 0) is 4.74 Å². The zero-order valence-corrected chi connectivity index (χ0v) is 16.0. The average molecular weight is 360 g/mol. The quantitative estimate of drug-likeness (QED) is 0.678. The van der Waals surface area contributed by atoms with Crippen molar-refractivity contribution in [3.05, 3.63) is 65.7 Å². The van der Waals surface area contributed by atoms with E-state index in [4.69, 9.17) is 9.72 Å². The highest BCUT2D eigenvalue weighted by Gasteiger charge is 2.28. The van der Waals surface area contributed by atoms with Crippen LogP contribution in [0, 0.1) is 6.92 Å². The molecule has 2 atom stereocenters. The maximum Gasteiger partial charge on any atom is 0.254 e. The van der Waals surface area contributed by atoms with Crippen molar-refractivity contribution in [1.82, 2.24) is 9.88 Å². The number of aromatic nitrogens is 1. The van der Waals surface area contributed by atoms with Gasteiger partial charge < -0.3 is 9.64 Å². The molecule has 2 aromatic carbocycles. The average Bonchev–Trinajstić information content (AvgIpc) is 2.66. The van der Waals surface area contributed by atoms with Crippen LogP contribution < -0.4 is 0 Å². The highest BCUT2D eigenvalue weighted by molar-refractivity contribution is 6.07. The van der Waals surface area contributed by atoms with Crippen molar-refractivity contribution in [2.45, 2.75) is 33.0 Å². The van der Waals surface area contributed by atoms with Gasteiger partial charge in [-0.25, -0.2) is 4.98 Å². The fourth-order valence-corrected chi connectivity index (χ4v) is 3.74. The molecule has 27 heavy (non-hydrogen) atoms. The minimum Gasteiger partial charge on any atom is -0.372 e. The fourth-order valence-electron chi connectivity index (χ4n) is 3.74. The van der Waals surface area contributed by atoms with Gasteiger partial charge in [0.2, 0.25) is 0 Å². The molecule has 1 fully saturated rings. The summed E-state index contributed by atoms with van der Waals surface area (Å²) in [5, 5.41) is 0.894. The first-order chi connectivity index (χ1) is 13.0. The summed E-state index contributed by atoms with van der Waals surface area (Å²) in [6.07, 6.45) is 0.0877. The lowest BCUT2D eigenvalue weighted by Crippen LogP contribution is -2.48. The SMILES string of the molecule is Cc1ccc(-c2cc(C(=O)N3CC(C)OC(C)C3)c3ccccc3n2)cc1. The van der Waals surface area contributed by atoms with Crippen molar-refractivity contribution < 1.29 is 9.53 Å². The van der Waals surface area contributed by atoms with Crippen molar-refractivity contribution in [3.63, 3.8) is 0 Å². The number of rotatable bonds is 2. The molecule has 0 radical (unpaired) electrons. The molecule has 0 saturated carbocycles. The predicted molar refractivity (Wildman–Crippen MR) is 108 cm³/mol. The molecular formula is C23H24N2O2. The Balaban J connectivity index is 1.81. The van der Waals surface area contributed by atoms with Crippen LogP contribution in [0.3, 0.4) is 0 Å². The minimum atomic E-state index is 0.0439. The van der Waals surface area contributed by atoms with Gasteiger partial charge in [-0.1, -0.05) is 48.0 Å². The Bertz CT molecular complexity index is 971. The number of ether oxygens (including phenoxy) is 1. The van der Waals surface area contributed by atoms with Crippen molar-refractivity contribution in [3.8, 4) is 11.3 Å². The first-order valence-corrected chi connectivity index (χ1v) is 9.43. The van der Waals surface area contributed by atoms with Gasteiger partial charge in [-0.05, 0) is 32.9 Å². The number of hydrogen-bond acceptors (Lipinski definition) is 3. The van der Waals surface area contributed by atoms with Gasteiger partial charge >= 0.3 is 0 Å². The van der Waals surface area contributed by atoms with E-state index in [0.29, 0.717) is 18.7 Å². The number of pyridine rings is 1. The van der Waals surface area contributed by atoms with E-state index in [0.717, 1.165) is 22.2 Å². The summed E-state index contributed by atoms with van der Waals surface area (Å²) < 4.78 is 5.79. The molecule has 1 aliphatic heterocycles. The van der Waals surface area contributed by atoms with E-state index in [1.165, 1.54) is 5.56 Å². The number of benzene rings is 2. The van der Waals surface area contributed by atoms with Crippen LogP contribution in [0.25, 0.3) is 22.2 Å². The topological polar surface area (TPSA) is 42.4 Å². The summed E-state index contributed by atoms with van der Waals surface area (Å²) >= 11 is 0. The molecule has 0 aliphatic carbocycles. The number of aryl methyl sites for hydroxylation is 1. The molecule has 4 heteroatoms. The third-order valence-corrected chi connectivity index (χ3v) is 5.00. The van der Waals surface area contributed by atoms with Crippen LogP contribution in [0.4, 0.5) is 0 Å². The van der Waals surface area contributed by atoms with Gasteiger partial charge in [-0.15, -0.1) is 0 Å². The Kier molecular flexibility index (Phi) is 4.66. The molecule has 1 saturated heterocycles. The number of hydrogen-bond donors (Lipinski definition) is 0. The minimum absolute atomic E-state index is 0.0439. The van der Waals surface area contributed by atoms with Crippen molar-refractivity contribution in [2.75, 3.05) is 13.1 Å².